The molecule has 0 aliphatic carbocycles. The summed E-state index contributed by atoms with van der Waals surface area (Å²) in [5.74, 6) is -0.323. The molecule has 0 aromatic carbocycles. The van der Waals surface area contributed by atoms with Crippen LogP contribution >= 0.6 is 0 Å². The van der Waals surface area contributed by atoms with E-state index >= 15 is 0 Å². The fourth-order valence-electron chi connectivity index (χ4n) is 5.86. The third kappa shape index (κ3) is 32.0. The van der Waals surface area contributed by atoms with Crippen molar-refractivity contribution in [1.29, 1.82) is 0 Å². The molecule has 0 aliphatic heterocycles. The summed E-state index contributed by atoms with van der Waals surface area (Å²) in [6.45, 7) is 5.72. The average Bonchev–Trinajstić information content (AvgIpc) is 3.04. The minimum absolute atomic E-state index is 0.106. The van der Waals surface area contributed by atoms with Gasteiger partial charge in [-0.05, 0) is 32.1 Å². The molecule has 0 unspecified atom stereocenters. The number of carbonyl (C=O) groups excluding carboxylic acids is 3. The van der Waals surface area contributed by atoms with Gasteiger partial charge in [0, 0.05) is 19.5 Å². The molecule has 3 N–H and O–H groups in total. The molecule has 266 valence electrons. The Balaban J connectivity index is 3.69. The van der Waals surface area contributed by atoms with Gasteiger partial charge in [0.15, 0.2) is 0 Å². The number of unbranched alkanes of at least 4 members (excludes halogenated alkanes) is 24. The molecule has 0 rings (SSSR count). The predicted octanol–water partition coefficient (Wildman–Crippen LogP) is 10.3. The Morgan fingerprint density at radius 3 is 1.31 bits per heavy atom. The number of ether oxygens (including phenoxy) is 1. The number of carbonyl (C=O) groups is 3. The van der Waals surface area contributed by atoms with Crippen LogP contribution in [0.5, 0.6) is 0 Å². The summed E-state index contributed by atoms with van der Waals surface area (Å²) in [5.41, 5.74) is 0. The maximum atomic E-state index is 12.4. The maximum absolute atomic E-state index is 12.4. The molecular weight excluding hydrogens is 562 g/mol. The molecule has 0 bridgehead atoms. The van der Waals surface area contributed by atoms with E-state index in [4.69, 9.17) is 4.74 Å². The Labute approximate surface area is 278 Å². The summed E-state index contributed by atoms with van der Waals surface area (Å²) in [5, 5.41) is 8.64. The van der Waals surface area contributed by atoms with Crippen molar-refractivity contribution in [1.82, 2.24) is 16.0 Å². The second kappa shape index (κ2) is 35.1. The van der Waals surface area contributed by atoms with Crippen LogP contribution in [0.1, 0.15) is 200 Å². The van der Waals surface area contributed by atoms with Crippen LogP contribution in [0.15, 0.2) is 0 Å². The van der Waals surface area contributed by atoms with E-state index in [0.717, 1.165) is 38.5 Å². The van der Waals surface area contributed by atoms with Gasteiger partial charge in [-0.25, -0.2) is 9.59 Å². The smallest absolute Gasteiger partial charge is 0.328 e. The van der Waals surface area contributed by atoms with Crippen molar-refractivity contribution in [3.8, 4) is 0 Å². The van der Waals surface area contributed by atoms with Crippen LogP contribution in [0.25, 0.3) is 0 Å². The highest BCUT2D eigenvalue weighted by Crippen LogP contribution is 2.14. The highest BCUT2D eigenvalue weighted by atomic mass is 16.5. The molecule has 0 radical (unpaired) electrons. The summed E-state index contributed by atoms with van der Waals surface area (Å²) in [6, 6.07) is -0.987. The largest absolute Gasteiger partial charge is 0.467 e. The van der Waals surface area contributed by atoms with E-state index in [1.54, 1.807) is 0 Å². The minimum Gasteiger partial charge on any atom is -0.467 e. The van der Waals surface area contributed by atoms with E-state index in [0.29, 0.717) is 25.9 Å². The number of hydrogen-bond acceptors (Lipinski definition) is 4. The van der Waals surface area contributed by atoms with Gasteiger partial charge in [0.25, 0.3) is 0 Å². The Morgan fingerprint density at radius 1 is 0.489 bits per heavy atom. The molecular formula is C38H75N3O4. The number of amides is 3. The Kier molecular flexibility index (Phi) is 33.7. The summed E-state index contributed by atoms with van der Waals surface area (Å²) in [7, 11) is 1.35. The lowest BCUT2D eigenvalue weighted by molar-refractivity contribution is -0.143. The van der Waals surface area contributed by atoms with Crippen LogP contribution < -0.4 is 16.0 Å². The first-order chi connectivity index (χ1) is 22.0. The Bertz CT molecular complexity index is 673. The lowest BCUT2D eigenvalue weighted by Crippen LogP contribution is -2.46. The number of methoxy groups -OCH3 is 1. The molecule has 0 aliphatic rings. The molecule has 3 amide bonds. The summed E-state index contributed by atoms with van der Waals surface area (Å²) >= 11 is 0. The zero-order valence-corrected chi connectivity index (χ0v) is 30.1. The monoisotopic (exact) mass is 638 g/mol. The third-order valence-corrected chi connectivity index (χ3v) is 8.86. The highest BCUT2D eigenvalue weighted by molar-refractivity contribution is 5.83. The lowest BCUT2D eigenvalue weighted by atomic mass is 10.0. The zero-order chi connectivity index (χ0) is 33.1. The number of nitrogens with one attached hydrogen (secondary N) is 3. The van der Waals surface area contributed by atoms with Crippen LogP contribution in [-0.4, -0.2) is 44.1 Å². The molecule has 0 heterocycles. The Hall–Kier alpha value is -1.79. The van der Waals surface area contributed by atoms with Crippen molar-refractivity contribution in [3.63, 3.8) is 0 Å². The van der Waals surface area contributed by atoms with E-state index < -0.39 is 12.0 Å². The summed E-state index contributed by atoms with van der Waals surface area (Å²) in [6.07, 6.45) is 34.9. The van der Waals surface area contributed by atoms with Gasteiger partial charge in [0.05, 0.1) is 7.11 Å². The SMILES string of the molecule is CCCCCCCCCCCCCCCCCCNC(=O)N[C@@H](CCCCNC(=O)CCCCCCCCCCC)C(=O)OC. The normalized spacial score (nSPS) is 11.7. The zero-order valence-electron chi connectivity index (χ0n) is 30.1. The quantitative estimate of drug-likeness (QED) is 0.0483. The lowest BCUT2D eigenvalue weighted by Gasteiger charge is -2.17. The molecule has 0 fully saturated rings. The van der Waals surface area contributed by atoms with Crippen molar-refractivity contribution in [2.75, 3.05) is 20.2 Å². The summed E-state index contributed by atoms with van der Waals surface area (Å²) < 4.78 is 4.89. The fraction of sp³-hybridized carbons (Fsp3) is 0.921. The van der Waals surface area contributed by atoms with Crippen LogP contribution in [0.4, 0.5) is 4.79 Å². The Morgan fingerprint density at radius 2 is 0.867 bits per heavy atom. The molecule has 0 aromatic heterocycles. The van der Waals surface area contributed by atoms with Gasteiger partial charge in [0.1, 0.15) is 6.04 Å². The van der Waals surface area contributed by atoms with Crippen LogP contribution in [0.2, 0.25) is 0 Å². The van der Waals surface area contributed by atoms with Crippen LogP contribution in [0, 0.1) is 0 Å². The molecule has 0 spiro atoms. The molecule has 7 heteroatoms. The second-order valence-corrected chi connectivity index (χ2v) is 13.2. The third-order valence-electron chi connectivity index (χ3n) is 8.86. The van der Waals surface area contributed by atoms with E-state index in [-0.39, 0.29) is 11.9 Å². The summed E-state index contributed by atoms with van der Waals surface area (Å²) in [4.78, 5) is 36.6. The first-order valence-electron chi connectivity index (χ1n) is 19.4. The van der Waals surface area contributed by atoms with Crippen molar-refractivity contribution in [3.05, 3.63) is 0 Å². The van der Waals surface area contributed by atoms with Crippen molar-refractivity contribution in [2.24, 2.45) is 0 Å². The molecule has 45 heavy (non-hydrogen) atoms. The van der Waals surface area contributed by atoms with E-state index in [1.165, 1.54) is 142 Å². The first-order valence-corrected chi connectivity index (χ1v) is 19.4. The van der Waals surface area contributed by atoms with E-state index in [2.05, 4.69) is 29.8 Å². The number of urea groups is 1. The number of hydrogen-bond donors (Lipinski definition) is 3. The van der Waals surface area contributed by atoms with Gasteiger partial charge in [-0.3, -0.25) is 4.79 Å². The number of esters is 1. The molecule has 0 aromatic rings. The van der Waals surface area contributed by atoms with Gasteiger partial charge in [-0.2, -0.15) is 0 Å². The highest BCUT2D eigenvalue weighted by Gasteiger charge is 2.20. The molecule has 0 saturated heterocycles. The second-order valence-electron chi connectivity index (χ2n) is 13.2. The standard InChI is InChI=1S/C38H75N3O4/c1-4-6-8-10-12-14-15-16-17-18-19-20-22-24-26-29-34-40-38(44)41-35(37(43)45-3)31-28-30-33-39-36(42)32-27-25-23-21-13-11-9-7-5-2/h35H,4-34H2,1-3H3,(H,39,42)(H2,40,41,44)/t35-/m0/s1. The average molecular weight is 638 g/mol. The van der Waals surface area contributed by atoms with Gasteiger partial charge >= 0.3 is 12.0 Å². The molecule has 1 atom stereocenters. The first kappa shape index (κ1) is 43.2. The van der Waals surface area contributed by atoms with Gasteiger partial charge in [-0.1, -0.05) is 162 Å². The van der Waals surface area contributed by atoms with Crippen molar-refractivity contribution < 1.29 is 19.1 Å². The van der Waals surface area contributed by atoms with Crippen LogP contribution in [-0.2, 0) is 14.3 Å². The minimum atomic E-state index is -0.668. The van der Waals surface area contributed by atoms with Gasteiger partial charge in [-0.15, -0.1) is 0 Å². The van der Waals surface area contributed by atoms with Crippen molar-refractivity contribution >= 4 is 17.9 Å². The molecule has 0 saturated carbocycles. The fourth-order valence-corrected chi connectivity index (χ4v) is 5.86. The van der Waals surface area contributed by atoms with Crippen LogP contribution in [0.3, 0.4) is 0 Å². The maximum Gasteiger partial charge on any atom is 0.328 e. The van der Waals surface area contributed by atoms with E-state index in [1.807, 2.05) is 0 Å². The van der Waals surface area contributed by atoms with Gasteiger partial charge < -0.3 is 20.7 Å². The van der Waals surface area contributed by atoms with Crippen molar-refractivity contribution in [2.45, 2.75) is 206 Å². The predicted molar refractivity (Wildman–Crippen MR) is 191 cm³/mol. The topological polar surface area (TPSA) is 96.5 Å². The molecule has 7 nitrogen and oxygen atoms in total. The number of rotatable bonds is 34. The van der Waals surface area contributed by atoms with E-state index in [9.17, 15) is 14.4 Å². The van der Waals surface area contributed by atoms with Gasteiger partial charge in [0.2, 0.25) is 5.91 Å².